The van der Waals surface area contributed by atoms with Crippen LogP contribution in [-0.2, 0) is 4.79 Å². The number of carboxylic acid groups (broad SMARTS) is 1. The van der Waals surface area contributed by atoms with E-state index in [0.29, 0.717) is 11.3 Å². The highest BCUT2D eigenvalue weighted by molar-refractivity contribution is 6.02. The standard InChI is InChI=1S/C14H21N3O4/c1-6(2)15-12(18)9(5)17-13(19)10-7(3)11(14(20)21)16-8(10)4/h6,9,16H,1-5H3,(H,15,18)(H,17,19)(H,20,21). The van der Waals surface area contributed by atoms with E-state index in [1.165, 1.54) is 0 Å². The zero-order chi connectivity index (χ0) is 16.3. The van der Waals surface area contributed by atoms with Crippen LogP contribution in [-0.4, -0.2) is 40.0 Å². The van der Waals surface area contributed by atoms with E-state index in [1.54, 1.807) is 20.8 Å². The molecular formula is C14H21N3O4. The molecule has 7 heteroatoms. The van der Waals surface area contributed by atoms with E-state index in [0.717, 1.165) is 0 Å². The molecule has 1 rings (SSSR count). The van der Waals surface area contributed by atoms with Gasteiger partial charge in [-0.05, 0) is 40.2 Å². The molecule has 0 radical (unpaired) electrons. The van der Waals surface area contributed by atoms with E-state index in [2.05, 4.69) is 15.6 Å². The average Bonchev–Trinajstić information content (AvgIpc) is 2.63. The first-order chi connectivity index (χ1) is 9.65. The fraction of sp³-hybridized carbons (Fsp3) is 0.500. The summed E-state index contributed by atoms with van der Waals surface area (Å²) in [5.74, 6) is -1.89. The molecule has 0 aromatic carbocycles. The zero-order valence-electron chi connectivity index (χ0n) is 12.8. The highest BCUT2D eigenvalue weighted by Crippen LogP contribution is 2.17. The molecule has 0 fully saturated rings. The van der Waals surface area contributed by atoms with Crippen LogP contribution in [0, 0.1) is 13.8 Å². The van der Waals surface area contributed by atoms with Gasteiger partial charge < -0.3 is 20.7 Å². The monoisotopic (exact) mass is 295 g/mol. The van der Waals surface area contributed by atoms with Crippen LogP contribution in [0.3, 0.4) is 0 Å². The quantitative estimate of drug-likeness (QED) is 0.648. The smallest absolute Gasteiger partial charge is 0.352 e. The lowest BCUT2D eigenvalue weighted by atomic mass is 10.1. The molecule has 116 valence electrons. The van der Waals surface area contributed by atoms with Crippen molar-refractivity contribution < 1.29 is 19.5 Å². The van der Waals surface area contributed by atoms with Crippen molar-refractivity contribution in [3.63, 3.8) is 0 Å². The van der Waals surface area contributed by atoms with Crippen molar-refractivity contribution in [2.24, 2.45) is 0 Å². The van der Waals surface area contributed by atoms with Crippen LogP contribution in [0.2, 0.25) is 0 Å². The van der Waals surface area contributed by atoms with Gasteiger partial charge in [0, 0.05) is 11.7 Å². The van der Waals surface area contributed by atoms with E-state index >= 15 is 0 Å². The van der Waals surface area contributed by atoms with E-state index < -0.39 is 17.9 Å². The van der Waals surface area contributed by atoms with Gasteiger partial charge in [0.1, 0.15) is 11.7 Å². The van der Waals surface area contributed by atoms with Crippen LogP contribution >= 0.6 is 0 Å². The lowest BCUT2D eigenvalue weighted by Gasteiger charge is -2.16. The summed E-state index contributed by atoms with van der Waals surface area (Å²) in [5, 5.41) is 14.3. The number of carbonyl (C=O) groups excluding carboxylic acids is 2. The van der Waals surface area contributed by atoms with Gasteiger partial charge in [-0.3, -0.25) is 9.59 Å². The zero-order valence-corrected chi connectivity index (χ0v) is 12.8. The topological polar surface area (TPSA) is 111 Å². The molecule has 1 aromatic rings. The van der Waals surface area contributed by atoms with Gasteiger partial charge in [-0.2, -0.15) is 0 Å². The minimum atomic E-state index is -1.12. The Kier molecular flexibility index (Phi) is 5.12. The third-order valence-corrected chi connectivity index (χ3v) is 3.05. The second-order valence-corrected chi connectivity index (χ2v) is 5.29. The number of carbonyl (C=O) groups is 3. The molecule has 0 aliphatic heterocycles. The molecule has 7 nitrogen and oxygen atoms in total. The van der Waals surface area contributed by atoms with Crippen molar-refractivity contribution in [1.82, 2.24) is 15.6 Å². The summed E-state index contributed by atoms with van der Waals surface area (Å²) in [5.41, 5.74) is 1.06. The number of carboxylic acids is 1. The van der Waals surface area contributed by atoms with Gasteiger partial charge in [-0.1, -0.05) is 0 Å². The first-order valence-electron chi connectivity index (χ1n) is 6.68. The number of hydrogen-bond donors (Lipinski definition) is 4. The van der Waals surface area contributed by atoms with E-state index in [1.807, 2.05) is 13.8 Å². The average molecular weight is 295 g/mol. The van der Waals surface area contributed by atoms with Crippen molar-refractivity contribution in [2.45, 2.75) is 46.7 Å². The number of aromatic amines is 1. The highest BCUT2D eigenvalue weighted by atomic mass is 16.4. The molecule has 0 bridgehead atoms. The molecular weight excluding hydrogens is 274 g/mol. The Morgan fingerprint density at radius 1 is 1.10 bits per heavy atom. The van der Waals surface area contributed by atoms with Crippen LogP contribution < -0.4 is 10.6 Å². The number of nitrogens with one attached hydrogen (secondary N) is 3. The number of rotatable bonds is 5. The Labute approximate surface area is 123 Å². The second-order valence-electron chi connectivity index (χ2n) is 5.29. The van der Waals surface area contributed by atoms with Gasteiger partial charge >= 0.3 is 5.97 Å². The molecule has 1 unspecified atom stereocenters. The van der Waals surface area contributed by atoms with E-state index in [9.17, 15) is 14.4 Å². The van der Waals surface area contributed by atoms with Gasteiger partial charge in [0.15, 0.2) is 0 Å². The molecule has 4 N–H and O–H groups in total. The minimum absolute atomic E-state index is 0.0167. The Balaban J connectivity index is 2.90. The Bertz CT molecular complexity index is 575. The SMILES string of the molecule is Cc1[nH]c(C(=O)O)c(C)c1C(=O)NC(C)C(=O)NC(C)C. The molecule has 1 heterocycles. The van der Waals surface area contributed by atoms with E-state index in [4.69, 9.17) is 5.11 Å². The first-order valence-corrected chi connectivity index (χ1v) is 6.68. The molecule has 0 saturated carbocycles. The molecule has 0 saturated heterocycles. The number of aromatic nitrogens is 1. The van der Waals surface area contributed by atoms with Gasteiger partial charge in [0.2, 0.25) is 5.91 Å². The van der Waals surface area contributed by atoms with Crippen molar-refractivity contribution in [3.8, 4) is 0 Å². The molecule has 0 spiro atoms. The lowest BCUT2D eigenvalue weighted by molar-refractivity contribution is -0.123. The van der Waals surface area contributed by atoms with Crippen molar-refractivity contribution >= 4 is 17.8 Å². The summed E-state index contributed by atoms with van der Waals surface area (Å²) >= 11 is 0. The number of hydrogen-bond acceptors (Lipinski definition) is 3. The number of aryl methyl sites for hydroxylation is 1. The van der Waals surface area contributed by atoms with Gasteiger partial charge in [-0.25, -0.2) is 4.79 Å². The molecule has 1 atom stereocenters. The summed E-state index contributed by atoms with van der Waals surface area (Å²) in [6.45, 7) is 8.40. The summed E-state index contributed by atoms with van der Waals surface area (Å²) < 4.78 is 0. The number of H-pyrrole nitrogens is 1. The van der Waals surface area contributed by atoms with Crippen LogP contribution in [0.1, 0.15) is 52.9 Å². The van der Waals surface area contributed by atoms with Crippen molar-refractivity contribution in [1.29, 1.82) is 0 Å². The highest BCUT2D eigenvalue weighted by Gasteiger charge is 2.24. The maximum atomic E-state index is 12.2. The Hall–Kier alpha value is -2.31. The van der Waals surface area contributed by atoms with Crippen LogP contribution in [0.4, 0.5) is 0 Å². The number of aromatic carboxylic acids is 1. The predicted octanol–water partition coefficient (Wildman–Crippen LogP) is 0.973. The largest absolute Gasteiger partial charge is 0.477 e. The van der Waals surface area contributed by atoms with Crippen LogP contribution in [0.25, 0.3) is 0 Å². The van der Waals surface area contributed by atoms with Crippen LogP contribution in [0.15, 0.2) is 0 Å². The van der Waals surface area contributed by atoms with Gasteiger partial charge in [0.25, 0.3) is 5.91 Å². The normalized spacial score (nSPS) is 12.1. The van der Waals surface area contributed by atoms with Gasteiger partial charge in [-0.15, -0.1) is 0 Å². The lowest BCUT2D eigenvalue weighted by Crippen LogP contribution is -2.46. The first kappa shape index (κ1) is 16.7. The van der Waals surface area contributed by atoms with E-state index in [-0.39, 0.29) is 23.2 Å². The van der Waals surface area contributed by atoms with Crippen molar-refractivity contribution in [2.75, 3.05) is 0 Å². The summed E-state index contributed by atoms with van der Waals surface area (Å²) in [7, 11) is 0. The molecule has 0 aliphatic rings. The number of amides is 2. The van der Waals surface area contributed by atoms with Crippen LogP contribution in [0.5, 0.6) is 0 Å². The maximum Gasteiger partial charge on any atom is 0.352 e. The summed E-state index contributed by atoms with van der Waals surface area (Å²) in [6.07, 6.45) is 0. The van der Waals surface area contributed by atoms with Crippen molar-refractivity contribution in [3.05, 3.63) is 22.5 Å². The predicted molar refractivity (Wildman–Crippen MR) is 77.4 cm³/mol. The summed E-state index contributed by atoms with van der Waals surface area (Å²) in [6, 6.07) is -0.729. The van der Waals surface area contributed by atoms with Gasteiger partial charge in [0.05, 0.1) is 5.56 Å². The Morgan fingerprint density at radius 3 is 2.10 bits per heavy atom. The minimum Gasteiger partial charge on any atom is -0.477 e. The fourth-order valence-corrected chi connectivity index (χ4v) is 2.05. The molecule has 21 heavy (non-hydrogen) atoms. The molecule has 0 aliphatic carbocycles. The second kappa shape index (κ2) is 6.43. The Morgan fingerprint density at radius 2 is 1.67 bits per heavy atom. The third-order valence-electron chi connectivity index (χ3n) is 3.05. The fourth-order valence-electron chi connectivity index (χ4n) is 2.05. The maximum absolute atomic E-state index is 12.2. The summed E-state index contributed by atoms with van der Waals surface area (Å²) in [4.78, 5) is 37.7. The molecule has 1 aromatic heterocycles. The third kappa shape index (κ3) is 3.84. The molecule has 2 amide bonds.